The average Bonchev–Trinajstić information content (AvgIpc) is 2.70. The smallest absolute Gasteiger partial charge is 0.292 e. The van der Waals surface area contributed by atoms with E-state index in [4.69, 9.17) is 9.47 Å². The molecule has 0 atom stereocenters. The zero-order valence-electron chi connectivity index (χ0n) is 12.5. The van der Waals surface area contributed by atoms with Crippen molar-refractivity contribution < 1.29 is 27.1 Å². The summed E-state index contributed by atoms with van der Waals surface area (Å²) in [6, 6.07) is 4.57. The Morgan fingerprint density at radius 2 is 2.04 bits per heavy atom. The summed E-state index contributed by atoms with van der Waals surface area (Å²) >= 11 is 0. The molecule has 0 bridgehead atoms. The van der Waals surface area contributed by atoms with Crippen LogP contribution in [0.1, 0.15) is 12.0 Å². The lowest BCUT2D eigenvalue weighted by Gasteiger charge is -2.32. The molecule has 2 heterocycles. The van der Waals surface area contributed by atoms with Gasteiger partial charge in [-0.15, -0.1) is 0 Å². The van der Waals surface area contributed by atoms with Gasteiger partial charge in [-0.25, -0.2) is 12.8 Å². The number of nitrogens with zero attached hydrogens (tertiary/aromatic N) is 1. The molecule has 2 aliphatic heterocycles. The van der Waals surface area contributed by atoms with E-state index < -0.39 is 28.4 Å². The molecule has 1 fully saturated rings. The third-order valence-corrected chi connectivity index (χ3v) is 4.29. The molecule has 1 amide bonds. The number of alkyl halides is 1. The van der Waals surface area contributed by atoms with Gasteiger partial charge in [0, 0.05) is 11.3 Å². The lowest BCUT2D eigenvalue weighted by molar-refractivity contribution is -0.256. The maximum atomic E-state index is 12.8. The van der Waals surface area contributed by atoms with Crippen LogP contribution in [0.3, 0.4) is 0 Å². The Kier molecular flexibility index (Phi) is 4.03. The number of sulfonamides is 1. The molecule has 126 valence electrons. The lowest BCUT2D eigenvalue weighted by Crippen LogP contribution is -2.47. The van der Waals surface area contributed by atoms with Gasteiger partial charge >= 0.3 is 0 Å². The molecule has 0 unspecified atom stereocenters. The number of carbonyl (C=O) groups excluding carboxylic acids is 1. The van der Waals surface area contributed by atoms with Crippen LogP contribution < -0.4 is 9.62 Å². The van der Waals surface area contributed by atoms with E-state index in [-0.39, 0.29) is 6.54 Å². The topological polar surface area (TPSA) is 84.9 Å². The Morgan fingerprint density at radius 1 is 1.35 bits per heavy atom. The zero-order valence-corrected chi connectivity index (χ0v) is 13.4. The van der Waals surface area contributed by atoms with E-state index in [1.54, 1.807) is 6.07 Å². The summed E-state index contributed by atoms with van der Waals surface area (Å²) in [7, 11) is -3.46. The Hall–Kier alpha value is -1.71. The van der Waals surface area contributed by atoms with Crippen molar-refractivity contribution in [3.8, 4) is 0 Å². The first-order valence-electron chi connectivity index (χ1n) is 7.15. The number of hydrogen-bond acceptors (Lipinski definition) is 5. The predicted octanol–water partition coefficient (Wildman–Crippen LogP) is 0.964. The molecule has 1 aromatic carbocycles. The minimum Gasteiger partial charge on any atom is -0.338 e. The van der Waals surface area contributed by atoms with Gasteiger partial charge < -0.3 is 14.4 Å². The molecule has 0 aromatic heterocycles. The molecule has 1 spiro atoms. The normalized spacial score (nSPS) is 19.9. The van der Waals surface area contributed by atoms with Gasteiger partial charge in [0.05, 0.1) is 31.7 Å². The number of fused-ring (bicyclic) bond motifs is 2. The molecule has 0 saturated carbocycles. The van der Waals surface area contributed by atoms with Crippen molar-refractivity contribution in [2.45, 2.75) is 12.2 Å². The van der Waals surface area contributed by atoms with Gasteiger partial charge in [0.15, 0.2) is 0 Å². The van der Waals surface area contributed by atoms with Crippen LogP contribution in [0.4, 0.5) is 15.8 Å². The van der Waals surface area contributed by atoms with Crippen LogP contribution >= 0.6 is 0 Å². The van der Waals surface area contributed by atoms with E-state index in [2.05, 4.69) is 4.72 Å². The van der Waals surface area contributed by atoms with E-state index in [0.717, 1.165) is 6.26 Å². The number of halogens is 1. The third kappa shape index (κ3) is 2.79. The maximum absolute atomic E-state index is 12.8. The monoisotopic (exact) mass is 344 g/mol. The van der Waals surface area contributed by atoms with Crippen LogP contribution in [0, 0.1) is 0 Å². The molecule has 1 saturated heterocycles. The van der Waals surface area contributed by atoms with Gasteiger partial charge in [0.25, 0.3) is 11.7 Å². The van der Waals surface area contributed by atoms with Crippen molar-refractivity contribution in [2.75, 3.05) is 42.3 Å². The first-order valence-corrected chi connectivity index (χ1v) is 9.05. The van der Waals surface area contributed by atoms with Crippen LogP contribution in [0.15, 0.2) is 18.2 Å². The van der Waals surface area contributed by atoms with Gasteiger partial charge in [-0.2, -0.15) is 0 Å². The van der Waals surface area contributed by atoms with Gasteiger partial charge in [0.2, 0.25) is 10.0 Å². The highest BCUT2D eigenvalue weighted by molar-refractivity contribution is 7.92. The molecule has 3 rings (SSSR count). The minimum absolute atomic E-state index is 0.112. The Labute approximate surface area is 133 Å². The summed E-state index contributed by atoms with van der Waals surface area (Å²) in [5.74, 6) is -2.10. The van der Waals surface area contributed by atoms with Crippen molar-refractivity contribution >= 4 is 27.3 Å². The SMILES string of the molecule is CS(=O)(=O)Nc1ccc2c(c1)C1(OCCCO1)C(=O)N2CCF. The molecule has 9 heteroatoms. The summed E-state index contributed by atoms with van der Waals surface area (Å²) in [6.45, 7) is -0.152. The second kappa shape index (κ2) is 5.73. The van der Waals surface area contributed by atoms with Crippen LogP contribution in [0.5, 0.6) is 0 Å². The molecular weight excluding hydrogens is 327 g/mol. The fourth-order valence-electron chi connectivity index (χ4n) is 2.83. The highest BCUT2D eigenvalue weighted by Gasteiger charge is 2.54. The highest BCUT2D eigenvalue weighted by atomic mass is 32.2. The number of nitrogens with one attached hydrogen (secondary N) is 1. The van der Waals surface area contributed by atoms with Gasteiger partial charge in [-0.1, -0.05) is 0 Å². The zero-order chi connectivity index (χ0) is 16.7. The van der Waals surface area contributed by atoms with Crippen molar-refractivity contribution in [2.24, 2.45) is 0 Å². The molecule has 1 N–H and O–H groups in total. The summed E-state index contributed by atoms with van der Waals surface area (Å²) in [5.41, 5.74) is 1.15. The first kappa shape index (κ1) is 16.2. The second-order valence-electron chi connectivity index (χ2n) is 5.42. The highest BCUT2D eigenvalue weighted by Crippen LogP contribution is 2.46. The number of ether oxygens (including phenoxy) is 2. The van der Waals surface area contributed by atoms with Crippen molar-refractivity contribution in [3.05, 3.63) is 23.8 Å². The standard InChI is InChI=1S/C14H17FN2O5S/c1-23(19,20)16-10-3-4-12-11(9-10)14(21-7-2-8-22-14)13(18)17(12)6-5-15/h3-4,9,16H,2,5-8H2,1H3. The summed E-state index contributed by atoms with van der Waals surface area (Å²) in [4.78, 5) is 14.0. The van der Waals surface area contributed by atoms with Crippen LogP contribution in [0.25, 0.3) is 0 Å². The largest absolute Gasteiger partial charge is 0.338 e. The summed E-state index contributed by atoms with van der Waals surface area (Å²) in [5, 5.41) is 0. The molecule has 1 aromatic rings. The fraction of sp³-hybridized carbons (Fsp3) is 0.500. The molecule has 0 radical (unpaired) electrons. The van der Waals surface area contributed by atoms with Gasteiger partial charge in [-0.3, -0.25) is 9.52 Å². The maximum Gasteiger partial charge on any atom is 0.292 e. The Morgan fingerprint density at radius 3 is 2.65 bits per heavy atom. The third-order valence-electron chi connectivity index (χ3n) is 3.68. The number of amides is 1. The quantitative estimate of drug-likeness (QED) is 0.879. The number of benzene rings is 1. The summed E-state index contributed by atoms with van der Waals surface area (Å²) < 4.78 is 49.2. The molecular formula is C14H17FN2O5S. The minimum atomic E-state index is -3.46. The van der Waals surface area contributed by atoms with Crippen LogP contribution in [-0.2, 0) is 30.1 Å². The lowest BCUT2D eigenvalue weighted by atomic mass is 10.1. The van der Waals surface area contributed by atoms with E-state index in [9.17, 15) is 17.6 Å². The number of hydrogen-bond donors (Lipinski definition) is 1. The van der Waals surface area contributed by atoms with Crippen molar-refractivity contribution in [1.29, 1.82) is 0 Å². The van der Waals surface area contributed by atoms with Gasteiger partial charge in [0.1, 0.15) is 6.67 Å². The number of anilines is 2. The van der Waals surface area contributed by atoms with Crippen LogP contribution in [-0.4, -0.2) is 47.0 Å². The average molecular weight is 344 g/mol. The van der Waals surface area contributed by atoms with E-state index in [1.807, 2.05) is 0 Å². The predicted molar refractivity (Wildman–Crippen MR) is 81.4 cm³/mol. The van der Waals surface area contributed by atoms with Crippen LogP contribution in [0.2, 0.25) is 0 Å². The molecule has 23 heavy (non-hydrogen) atoms. The summed E-state index contributed by atoms with van der Waals surface area (Å²) in [6.07, 6.45) is 1.68. The fourth-order valence-corrected chi connectivity index (χ4v) is 3.39. The molecule has 7 nitrogen and oxygen atoms in total. The number of carbonyl (C=O) groups is 1. The van der Waals surface area contributed by atoms with Crippen molar-refractivity contribution in [1.82, 2.24) is 0 Å². The van der Waals surface area contributed by atoms with E-state index in [1.165, 1.54) is 17.0 Å². The van der Waals surface area contributed by atoms with Gasteiger partial charge in [-0.05, 0) is 24.6 Å². The Bertz CT molecular complexity index is 731. The first-order chi connectivity index (χ1) is 10.9. The Balaban J connectivity index is 2.08. The molecule has 2 aliphatic rings. The van der Waals surface area contributed by atoms with E-state index >= 15 is 0 Å². The number of rotatable bonds is 4. The van der Waals surface area contributed by atoms with E-state index in [0.29, 0.717) is 36.6 Å². The van der Waals surface area contributed by atoms with Crippen molar-refractivity contribution in [3.63, 3.8) is 0 Å². The second-order valence-corrected chi connectivity index (χ2v) is 7.17. The molecule has 0 aliphatic carbocycles.